The molecule has 1 saturated heterocycles. The number of likely N-dealkylation sites (tertiary alicyclic amines) is 1. The summed E-state index contributed by atoms with van der Waals surface area (Å²) in [6.07, 6.45) is 12.8. The fourth-order valence-electron chi connectivity index (χ4n) is 3.85. The van der Waals surface area contributed by atoms with Crippen LogP contribution in [-0.4, -0.2) is 30.1 Å². The fraction of sp³-hybridized carbons (Fsp3) is 1.00. The third-order valence-corrected chi connectivity index (χ3v) is 5.27. The lowest BCUT2D eigenvalue weighted by Gasteiger charge is -2.40. The molecule has 2 nitrogen and oxygen atoms in total. The van der Waals surface area contributed by atoms with Crippen LogP contribution >= 0.6 is 0 Å². The first-order chi connectivity index (χ1) is 8.31. The van der Waals surface area contributed by atoms with Gasteiger partial charge in [-0.15, -0.1) is 0 Å². The average Bonchev–Trinajstić information content (AvgIpc) is 3.15. The van der Waals surface area contributed by atoms with Crippen molar-refractivity contribution in [2.75, 3.05) is 13.1 Å². The van der Waals surface area contributed by atoms with Gasteiger partial charge < -0.3 is 10.6 Å². The van der Waals surface area contributed by atoms with Gasteiger partial charge in [0.05, 0.1) is 0 Å². The zero-order chi connectivity index (χ0) is 11.7. The standard InChI is InChI=1S/C15H28N2/c16-14-3-5-15(6-4-14)17-9-7-13(8-10-17)11-12-1-2-12/h12-15H,1-11,16H2. The Hall–Kier alpha value is -0.0800. The van der Waals surface area contributed by atoms with Gasteiger partial charge in [-0.1, -0.05) is 12.8 Å². The molecule has 0 unspecified atom stereocenters. The van der Waals surface area contributed by atoms with Crippen molar-refractivity contribution in [2.24, 2.45) is 17.6 Å². The van der Waals surface area contributed by atoms with E-state index in [9.17, 15) is 0 Å². The van der Waals surface area contributed by atoms with Crippen LogP contribution < -0.4 is 5.73 Å². The minimum Gasteiger partial charge on any atom is -0.328 e. The zero-order valence-corrected chi connectivity index (χ0v) is 11.1. The van der Waals surface area contributed by atoms with Crippen LogP contribution in [0.2, 0.25) is 0 Å². The molecular formula is C15H28N2. The highest BCUT2D eigenvalue weighted by molar-refractivity contribution is 4.85. The first-order valence-electron chi connectivity index (χ1n) is 7.81. The number of nitrogens with zero attached hydrogens (tertiary/aromatic N) is 1. The van der Waals surface area contributed by atoms with E-state index in [0.29, 0.717) is 6.04 Å². The molecule has 2 aliphatic carbocycles. The second kappa shape index (κ2) is 5.27. The molecule has 17 heavy (non-hydrogen) atoms. The van der Waals surface area contributed by atoms with Gasteiger partial charge in [0.2, 0.25) is 0 Å². The Morgan fingerprint density at radius 1 is 0.765 bits per heavy atom. The average molecular weight is 236 g/mol. The Labute approximate surface area is 106 Å². The van der Waals surface area contributed by atoms with Crippen LogP contribution in [0.1, 0.15) is 57.8 Å². The summed E-state index contributed by atoms with van der Waals surface area (Å²) in [5, 5.41) is 0. The van der Waals surface area contributed by atoms with Gasteiger partial charge in [0, 0.05) is 12.1 Å². The molecule has 0 spiro atoms. The first kappa shape index (κ1) is 12.0. The smallest absolute Gasteiger partial charge is 0.00964 e. The summed E-state index contributed by atoms with van der Waals surface area (Å²) in [7, 11) is 0. The molecule has 1 aliphatic heterocycles. The van der Waals surface area contributed by atoms with E-state index in [1.807, 2.05) is 0 Å². The minimum atomic E-state index is 0.499. The molecule has 0 aromatic carbocycles. The second-order valence-electron chi connectivity index (χ2n) is 6.73. The molecule has 0 radical (unpaired) electrons. The lowest BCUT2D eigenvalue weighted by Crippen LogP contribution is -2.44. The number of nitrogens with two attached hydrogens (primary N) is 1. The van der Waals surface area contributed by atoms with Crippen molar-refractivity contribution in [2.45, 2.75) is 69.9 Å². The first-order valence-corrected chi connectivity index (χ1v) is 7.81. The van der Waals surface area contributed by atoms with Gasteiger partial charge in [-0.05, 0) is 69.9 Å². The van der Waals surface area contributed by atoms with Gasteiger partial charge in [0.25, 0.3) is 0 Å². The van der Waals surface area contributed by atoms with Gasteiger partial charge in [0.15, 0.2) is 0 Å². The molecule has 3 fully saturated rings. The Bertz CT molecular complexity index is 233. The van der Waals surface area contributed by atoms with Crippen molar-refractivity contribution in [3.63, 3.8) is 0 Å². The van der Waals surface area contributed by atoms with E-state index in [1.165, 1.54) is 64.5 Å². The molecule has 0 aromatic heterocycles. The number of hydrogen-bond acceptors (Lipinski definition) is 2. The van der Waals surface area contributed by atoms with Gasteiger partial charge >= 0.3 is 0 Å². The molecule has 1 heterocycles. The Kier molecular flexibility index (Phi) is 3.72. The third-order valence-electron chi connectivity index (χ3n) is 5.27. The van der Waals surface area contributed by atoms with Crippen LogP contribution in [0.15, 0.2) is 0 Å². The van der Waals surface area contributed by atoms with Crippen molar-refractivity contribution in [1.82, 2.24) is 4.90 Å². The van der Waals surface area contributed by atoms with Crippen molar-refractivity contribution in [3.8, 4) is 0 Å². The summed E-state index contributed by atoms with van der Waals surface area (Å²) in [4.78, 5) is 2.77. The van der Waals surface area contributed by atoms with Gasteiger partial charge in [0.1, 0.15) is 0 Å². The molecule has 0 atom stereocenters. The molecule has 3 rings (SSSR count). The van der Waals surface area contributed by atoms with Crippen LogP contribution in [0, 0.1) is 11.8 Å². The van der Waals surface area contributed by atoms with E-state index in [0.717, 1.165) is 17.9 Å². The Morgan fingerprint density at radius 2 is 1.35 bits per heavy atom. The molecule has 2 heteroatoms. The van der Waals surface area contributed by atoms with Gasteiger partial charge in [-0.3, -0.25) is 0 Å². The largest absolute Gasteiger partial charge is 0.328 e. The third kappa shape index (κ3) is 3.23. The predicted molar refractivity (Wildman–Crippen MR) is 71.9 cm³/mol. The summed E-state index contributed by atoms with van der Waals surface area (Å²) in [5.74, 6) is 2.18. The van der Waals surface area contributed by atoms with E-state index in [-0.39, 0.29) is 0 Å². The molecular weight excluding hydrogens is 208 g/mol. The molecule has 2 N–H and O–H groups in total. The topological polar surface area (TPSA) is 29.3 Å². The highest BCUT2D eigenvalue weighted by atomic mass is 15.2. The van der Waals surface area contributed by atoms with Gasteiger partial charge in [-0.2, -0.15) is 0 Å². The van der Waals surface area contributed by atoms with Crippen LogP contribution in [0.3, 0.4) is 0 Å². The maximum atomic E-state index is 5.99. The van der Waals surface area contributed by atoms with E-state index < -0.39 is 0 Å². The summed E-state index contributed by atoms with van der Waals surface area (Å²) >= 11 is 0. The second-order valence-corrected chi connectivity index (χ2v) is 6.73. The van der Waals surface area contributed by atoms with Crippen molar-refractivity contribution in [3.05, 3.63) is 0 Å². The Morgan fingerprint density at radius 3 is 1.94 bits per heavy atom. The lowest BCUT2D eigenvalue weighted by atomic mass is 9.86. The monoisotopic (exact) mass is 236 g/mol. The zero-order valence-electron chi connectivity index (χ0n) is 11.1. The lowest BCUT2D eigenvalue weighted by molar-refractivity contribution is 0.0991. The van der Waals surface area contributed by atoms with Crippen LogP contribution in [-0.2, 0) is 0 Å². The number of piperidine rings is 1. The molecule has 98 valence electrons. The predicted octanol–water partition coefficient (Wildman–Crippen LogP) is 2.77. The van der Waals surface area contributed by atoms with Gasteiger partial charge in [-0.25, -0.2) is 0 Å². The van der Waals surface area contributed by atoms with Crippen LogP contribution in [0.4, 0.5) is 0 Å². The van der Waals surface area contributed by atoms with E-state index >= 15 is 0 Å². The highest BCUT2D eigenvalue weighted by Crippen LogP contribution is 2.38. The summed E-state index contributed by atoms with van der Waals surface area (Å²) < 4.78 is 0. The van der Waals surface area contributed by atoms with E-state index in [4.69, 9.17) is 5.73 Å². The molecule has 0 aromatic rings. The molecule has 0 amide bonds. The summed E-state index contributed by atoms with van der Waals surface area (Å²) in [6.45, 7) is 2.74. The number of rotatable bonds is 3. The maximum absolute atomic E-state index is 5.99. The quantitative estimate of drug-likeness (QED) is 0.816. The summed E-state index contributed by atoms with van der Waals surface area (Å²) in [6, 6.07) is 1.37. The fourth-order valence-corrected chi connectivity index (χ4v) is 3.85. The molecule has 2 saturated carbocycles. The van der Waals surface area contributed by atoms with E-state index in [2.05, 4.69) is 4.90 Å². The SMILES string of the molecule is NC1CCC(N2CCC(CC3CC3)CC2)CC1. The van der Waals surface area contributed by atoms with Crippen LogP contribution in [0.25, 0.3) is 0 Å². The normalized spacial score (nSPS) is 37.2. The van der Waals surface area contributed by atoms with Crippen LogP contribution in [0.5, 0.6) is 0 Å². The van der Waals surface area contributed by atoms with Crippen molar-refractivity contribution < 1.29 is 0 Å². The highest BCUT2D eigenvalue weighted by Gasteiger charge is 2.31. The van der Waals surface area contributed by atoms with Crippen molar-refractivity contribution in [1.29, 1.82) is 0 Å². The maximum Gasteiger partial charge on any atom is 0.00964 e. The molecule has 0 bridgehead atoms. The van der Waals surface area contributed by atoms with E-state index in [1.54, 1.807) is 6.42 Å². The minimum absolute atomic E-state index is 0.499. The summed E-state index contributed by atoms with van der Waals surface area (Å²) in [5.41, 5.74) is 5.99. The Balaban J connectivity index is 1.41. The van der Waals surface area contributed by atoms with Crippen molar-refractivity contribution >= 4 is 0 Å². The molecule has 3 aliphatic rings. The number of hydrogen-bond donors (Lipinski definition) is 1.